The maximum Gasteiger partial charge on any atom is 0.166 e. The van der Waals surface area contributed by atoms with Crippen molar-refractivity contribution in [2.24, 2.45) is 7.05 Å². The van der Waals surface area contributed by atoms with Crippen LogP contribution in [0.5, 0.6) is 0 Å². The van der Waals surface area contributed by atoms with Crippen LogP contribution in [-0.2, 0) is 12.7 Å². The third-order valence-corrected chi connectivity index (χ3v) is 2.93. The molecule has 0 aliphatic carbocycles. The van der Waals surface area contributed by atoms with Crippen molar-refractivity contribution in [2.75, 3.05) is 6.54 Å². The number of hydrogen-bond donors (Lipinski definition) is 1. The first-order valence-electron chi connectivity index (χ1n) is 5.03. The summed E-state index contributed by atoms with van der Waals surface area (Å²) in [7, 11) is 1.81. The summed E-state index contributed by atoms with van der Waals surface area (Å²) in [5.41, 5.74) is -0.822. The van der Waals surface area contributed by atoms with Gasteiger partial charge in [0, 0.05) is 19.3 Å². The first-order chi connectivity index (χ1) is 6.60. The molecule has 14 heavy (non-hydrogen) atoms. The molecular weight excluding hydrogens is 181 g/mol. The lowest BCUT2D eigenvalue weighted by molar-refractivity contribution is 0.130. The quantitative estimate of drug-likeness (QED) is 0.775. The molecule has 3 nitrogen and oxygen atoms in total. The van der Waals surface area contributed by atoms with Crippen LogP contribution in [-0.4, -0.2) is 22.4 Å². The summed E-state index contributed by atoms with van der Waals surface area (Å²) >= 11 is 0. The van der Waals surface area contributed by atoms with Crippen LogP contribution in [0.2, 0.25) is 0 Å². The Morgan fingerprint density at radius 2 is 2.50 bits per heavy atom. The first kappa shape index (κ1) is 9.65. The number of rotatable bonds is 2. The second-order valence-corrected chi connectivity index (χ2v) is 4.10. The van der Waals surface area contributed by atoms with Crippen molar-refractivity contribution in [1.82, 2.24) is 15.1 Å². The molecule has 1 aliphatic rings. The molecule has 1 fully saturated rings. The maximum atomic E-state index is 14.4. The molecular formula is C10H16FN3. The minimum Gasteiger partial charge on any atom is -0.311 e. The molecule has 0 spiro atoms. The van der Waals surface area contributed by atoms with Gasteiger partial charge in [-0.25, -0.2) is 4.39 Å². The first-order valence-corrected chi connectivity index (χ1v) is 5.03. The molecule has 0 radical (unpaired) electrons. The van der Waals surface area contributed by atoms with Crippen LogP contribution in [0.15, 0.2) is 12.3 Å². The van der Waals surface area contributed by atoms with E-state index in [9.17, 15) is 4.39 Å². The number of aromatic nitrogens is 2. The molecule has 2 atom stereocenters. The summed E-state index contributed by atoms with van der Waals surface area (Å²) in [6.07, 6.45) is 3.72. The van der Waals surface area contributed by atoms with E-state index in [1.165, 1.54) is 0 Å². The van der Waals surface area contributed by atoms with Crippen molar-refractivity contribution in [2.45, 2.75) is 31.5 Å². The lowest BCUT2D eigenvalue weighted by Gasteiger charge is -2.25. The van der Waals surface area contributed by atoms with Crippen LogP contribution in [0.25, 0.3) is 0 Å². The fraction of sp³-hybridized carbons (Fsp3) is 0.700. The summed E-state index contributed by atoms with van der Waals surface area (Å²) in [6, 6.07) is 1.66. The summed E-state index contributed by atoms with van der Waals surface area (Å²) < 4.78 is 16.0. The van der Waals surface area contributed by atoms with E-state index >= 15 is 0 Å². The Bertz CT molecular complexity index is 313. The van der Waals surface area contributed by atoms with Crippen LogP contribution in [0, 0.1) is 0 Å². The standard InChI is InChI=1S/C10H16FN3/c1-10(11,8-4-3-6-12-8)9-5-7-14(2)13-9/h5,7-8,12H,3-4,6H2,1-2H3. The van der Waals surface area contributed by atoms with Crippen LogP contribution in [0.1, 0.15) is 25.5 Å². The highest BCUT2D eigenvalue weighted by atomic mass is 19.1. The van der Waals surface area contributed by atoms with Crippen molar-refractivity contribution >= 4 is 0 Å². The van der Waals surface area contributed by atoms with Gasteiger partial charge in [0.25, 0.3) is 0 Å². The van der Waals surface area contributed by atoms with Gasteiger partial charge in [-0.15, -0.1) is 0 Å². The fourth-order valence-electron chi connectivity index (χ4n) is 2.00. The van der Waals surface area contributed by atoms with E-state index in [0.717, 1.165) is 19.4 Å². The Balaban J connectivity index is 2.22. The van der Waals surface area contributed by atoms with Gasteiger partial charge in [-0.05, 0) is 32.4 Å². The Morgan fingerprint density at radius 3 is 3.00 bits per heavy atom. The summed E-state index contributed by atoms with van der Waals surface area (Å²) in [4.78, 5) is 0. The number of aryl methyl sites for hydroxylation is 1. The molecule has 0 saturated carbocycles. The molecule has 1 aliphatic heterocycles. The number of hydrogen-bond acceptors (Lipinski definition) is 2. The Labute approximate surface area is 83.3 Å². The average Bonchev–Trinajstić information content (AvgIpc) is 2.72. The zero-order chi connectivity index (χ0) is 10.2. The zero-order valence-corrected chi connectivity index (χ0v) is 8.63. The molecule has 4 heteroatoms. The lowest BCUT2D eigenvalue weighted by Crippen LogP contribution is -2.40. The molecule has 0 aromatic carbocycles. The van der Waals surface area contributed by atoms with E-state index in [1.54, 1.807) is 23.9 Å². The Kier molecular flexibility index (Phi) is 2.31. The molecule has 1 aromatic heterocycles. The highest BCUT2D eigenvalue weighted by molar-refractivity contribution is 5.14. The predicted molar refractivity (Wildman–Crippen MR) is 52.7 cm³/mol. The summed E-state index contributed by atoms with van der Waals surface area (Å²) in [5, 5.41) is 7.31. The van der Waals surface area contributed by atoms with Gasteiger partial charge >= 0.3 is 0 Å². The van der Waals surface area contributed by atoms with Crippen molar-refractivity contribution in [3.63, 3.8) is 0 Å². The molecule has 78 valence electrons. The number of nitrogens with zero attached hydrogens (tertiary/aromatic N) is 2. The van der Waals surface area contributed by atoms with Gasteiger partial charge < -0.3 is 5.32 Å². The summed E-state index contributed by atoms with van der Waals surface area (Å²) in [5.74, 6) is 0. The molecule has 0 amide bonds. The zero-order valence-electron chi connectivity index (χ0n) is 8.63. The van der Waals surface area contributed by atoms with Crippen LogP contribution >= 0.6 is 0 Å². The average molecular weight is 197 g/mol. The van der Waals surface area contributed by atoms with Gasteiger partial charge in [0.15, 0.2) is 5.67 Å². The van der Waals surface area contributed by atoms with Crippen LogP contribution < -0.4 is 5.32 Å². The second kappa shape index (κ2) is 3.35. The monoisotopic (exact) mass is 197 g/mol. The predicted octanol–water partition coefficient (Wildman–Crippen LogP) is 1.36. The Hall–Kier alpha value is -0.900. The number of halogens is 1. The molecule has 2 unspecified atom stereocenters. The molecule has 1 saturated heterocycles. The van der Waals surface area contributed by atoms with Crippen molar-refractivity contribution < 1.29 is 4.39 Å². The van der Waals surface area contributed by atoms with E-state index in [-0.39, 0.29) is 6.04 Å². The fourth-order valence-corrected chi connectivity index (χ4v) is 2.00. The number of alkyl halides is 1. The molecule has 1 N–H and O–H groups in total. The second-order valence-electron chi connectivity index (χ2n) is 4.10. The maximum absolute atomic E-state index is 14.4. The topological polar surface area (TPSA) is 29.9 Å². The molecule has 2 heterocycles. The Morgan fingerprint density at radius 1 is 1.71 bits per heavy atom. The third-order valence-electron chi connectivity index (χ3n) is 2.93. The summed E-state index contributed by atoms with van der Waals surface area (Å²) in [6.45, 7) is 2.52. The van der Waals surface area contributed by atoms with Gasteiger partial charge in [0.1, 0.15) is 5.69 Å². The van der Waals surface area contributed by atoms with Gasteiger partial charge in [-0.1, -0.05) is 0 Å². The molecule has 0 bridgehead atoms. The highest BCUT2D eigenvalue weighted by Gasteiger charge is 2.39. The largest absolute Gasteiger partial charge is 0.311 e. The SMILES string of the molecule is Cn1ccc(C(C)(F)C2CCCN2)n1. The lowest BCUT2D eigenvalue weighted by atomic mass is 9.94. The van der Waals surface area contributed by atoms with Crippen molar-refractivity contribution in [1.29, 1.82) is 0 Å². The normalized spacial score (nSPS) is 26.4. The minimum absolute atomic E-state index is 0.0857. The van der Waals surface area contributed by atoms with E-state index in [1.807, 2.05) is 7.05 Å². The van der Waals surface area contributed by atoms with Crippen molar-refractivity contribution in [3.8, 4) is 0 Å². The molecule has 1 aromatic rings. The van der Waals surface area contributed by atoms with Gasteiger partial charge in [-0.2, -0.15) is 5.10 Å². The van der Waals surface area contributed by atoms with Gasteiger partial charge in [0.2, 0.25) is 0 Å². The van der Waals surface area contributed by atoms with E-state index < -0.39 is 5.67 Å². The third kappa shape index (κ3) is 1.54. The van der Waals surface area contributed by atoms with E-state index in [0.29, 0.717) is 5.69 Å². The van der Waals surface area contributed by atoms with E-state index in [2.05, 4.69) is 10.4 Å². The highest BCUT2D eigenvalue weighted by Crippen LogP contribution is 2.32. The smallest absolute Gasteiger partial charge is 0.166 e. The minimum atomic E-state index is -1.35. The van der Waals surface area contributed by atoms with E-state index in [4.69, 9.17) is 0 Å². The van der Waals surface area contributed by atoms with Gasteiger partial charge in [0.05, 0.1) is 0 Å². The van der Waals surface area contributed by atoms with Crippen LogP contribution in [0.3, 0.4) is 0 Å². The molecule has 2 rings (SSSR count). The van der Waals surface area contributed by atoms with Gasteiger partial charge in [-0.3, -0.25) is 4.68 Å². The van der Waals surface area contributed by atoms with Crippen LogP contribution in [0.4, 0.5) is 4.39 Å². The number of nitrogens with one attached hydrogen (secondary N) is 1. The van der Waals surface area contributed by atoms with Crippen molar-refractivity contribution in [3.05, 3.63) is 18.0 Å².